The summed E-state index contributed by atoms with van der Waals surface area (Å²) in [5, 5.41) is 5.39. The largest absolute Gasteiger partial charge is 0.466 e. The SMILES string of the molecule is CCCCCC(CCCCC)CCOC(=O)CCC(=O)NC(CSSCC(NC(=O)CCC(=O)OCCC(CCCCC)CCCCC)C(=O)OCCOCCOCCOC)C(=O)OCCOCCOCCOC. The van der Waals surface area contributed by atoms with E-state index in [-0.39, 0.29) is 76.8 Å². The second-order valence-corrected chi connectivity index (χ2v) is 20.9. The summed E-state index contributed by atoms with van der Waals surface area (Å²) in [6.07, 6.45) is 19.3. The van der Waals surface area contributed by atoms with Gasteiger partial charge < -0.3 is 58.0 Å². The molecule has 0 aromatic carbocycles. The van der Waals surface area contributed by atoms with Crippen LogP contribution in [0.2, 0.25) is 0 Å². The highest BCUT2D eigenvalue weighted by molar-refractivity contribution is 8.76. The molecule has 0 aliphatic rings. The van der Waals surface area contributed by atoms with E-state index in [9.17, 15) is 28.8 Å². The monoisotopic (exact) mass is 1100 g/mol. The van der Waals surface area contributed by atoms with Crippen LogP contribution in [0.5, 0.6) is 0 Å². The summed E-state index contributed by atoms with van der Waals surface area (Å²) in [4.78, 5) is 78.5. The van der Waals surface area contributed by atoms with Crippen LogP contribution in [0.15, 0.2) is 0 Å². The third-order valence-corrected chi connectivity index (χ3v) is 14.3. The van der Waals surface area contributed by atoms with Crippen LogP contribution >= 0.6 is 21.6 Å². The minimum absolute atomic E-state index is 0.0191. The molecule has 434 valence electrons. The number of methoxy groups -OCH3 is 2. The summed E-state index contributed by atoms with van der Waals surface area (Å²) >= 11 is 0. The molecular weight excluding hydrogens is 997 g/mol. The first-order chi connectivity index (χ1) is 36.0. The van der Waals surface area contributed by atoms with E-state index < -0.39 is 47.8 Å². The Bertz CT molecular complexity index is 1270. The molecule has 0 rings (SSSR count). The zero-order chi connectivity index (χ0) is 54.5. The molecule has 2 N–H and O–H groups in total. The molecule has 0 fully saturated rings. The smallest absolute Gasteiger partial charge is 0.329 e. The van der Waals surface area contributed by atoms with E-state index >= 15 is 0 Å². The third-order valence-electron chi connectivity index (χ3n) is 11.9. The normalized spacial score (nSPS) is 12.2. The van der Waals surface area contributed by atoms with Gasteiger partial charge in [-0.2, -0.15) is 0 Å². The van der Waals surface area contributed by atoms with Crippen LogP contribution in [0, 0.1) is 11.8 Å². The van der Waals surface area contributed by atoms with Crippen LogP contribution in [0.4, 0.5) is 0 Å². The lowest BCUT2D eigenvalue weighted by molar-refractivity contribution is -0.149. The lowest BCUT2D eigenvalue weighted by atomic mass is 9.92. The van der Waals surface area contributed by atoms with Crippen LogP contribution in [-0.4, -0.2) is 166 Å². The van der Waals surface area contributed by atoms with Crippen molar-refractivity contribution in [1.29, 1.82) is 0 Å². The van der Waals surface area contributed by atoms with Gasteiger partial charge in [0.05, 0.1) is 92.1 Å². The van der Waals surface area contributed by atoms with Crippen LogP contribution in [0.1, 0.15) is 169 Å². The average molecular weight is 1100 g/mol. The first-order valence-corrected chi connectivity index (χ1v) is 30.3. The number of ether oxygens (including phenoxy) is 10. The number of hydrogen-bond donors (Lipinski definition) is 2. The molecule has 0 aliphatic heterocycles. The first kappa shape index (κ1) is 71.3. The number of carbonyl (C=O) groups excluding carboxylic acids is 6. The van der Waals surface area contributed by atoms with Gasteiger partial charge in [0.25, 0.3) is 0 Å². The quantitative estimate of drug-likeness (QED) is 0.0252. The number of esters is 4. The molecule has 18 nitrogen and oxygen atoms in total. The van der Waals surface area contributed by atoms with E-state index in [2.05, 4.69) is 38.3 Å². The van der Waals surface area contributed by atoms with Gasteiger partial charge in [-0.25, -0.2) is 9.59 Å². The van der Waals surface area contributed by atoms with Crippen LogP contribution in [-0.2, 0) is 76.1 Å². The molecule has 0 aromatic rings. The van der Waals surface area contributed by atoms with E-state index in [1.54, 1.807) is 14.2 Å². The average Bonchev–Trinajstić information content (AvgIpc) is 3.39. The summed E-state index contributed by atoms with van der Waals surface area (Å²) in [5.74, 6) is -2.44. The topological polar surface area (TPSA) is 219 Å². The minimum atomic E-state index is -1.12. The van der Waals surface area contributed by atoms with Crippen LogP contribution in [0.3, 0.4) is 0 Å². The van der Waals surface area contributed by atoms with Gasteiger partial charge in [-0.1, -0.05) is 152 Å². The van der Waals surface area contributed by atoms with Gasteiger partial charge in [-0.3, -0.25) is 19.2 Å². The molecule has 0 aromatic heterocycles. The summed E-state index contributed by atoms with van der Waals surface area (Å²) < 4.78 is 53.7. The van der Waals surface area contributed by atoms with Crippen molar-refractivity contribution >= 4 is 57.3 Å². The minimum Gasteiger partial charge on any atom is -0.466 e. The Morgan fingerprint density at radius 1 is 0.365 bits per heavy atom. The first-order valence-electron chi connectivity index (χ1n) is 27.8. The van der Waals surface area contributed by atoms with Gasteiger partial charge >= 0.3 is 23.9 Å². The third kappa shape index (κ3) is 45.5. The van der Waals surface area contributed by atoms with Crippen molar-refractivity contribution in [3.63, 3.8) is 0 Å². The predicted octanol–water partition coefficient (Wildman–Crippen LogP) is 8.76. The molecule has 2 atom stereocenters. The Balaban J connectivity index is 5.59. The van der Waals surface area contributed by atoms with Crippen molar-refractivity contribution in [2.24, 2.45) is 11.8 Å². The number of nitrogens with one attached hydrogen (secondary N) is 2. The Morgan fingerprint density at radius 2 is 0.676 bits per heavy atom. The summed E-state index contributed by atoms with van der Waals surface area (Å²) in [6, 6.07) is -2.24. The molecule has 0 heterocycles. The number of rotatable bonds is 55. The second kappa shape index (κ2) is 53.7. The fourth-order valence-electron chi connectivity index (χ4n) is 7.49. The van der Waals surface area contributed by atoms with Gasteiger partial charge in [0.15, 0.2) is 0 Å². The molecular formula is C54H100N2O16S2. The molecule has 0 radical (unpaired) electrons. The Labute approximate surface area is 453 Å². The lowest BCUT2D eigenvalue weighted by Crippen LogP contribution is -2.44. The molecule has 20 heteroatoms. The van der Waals surface area contributed by atoms with Gasteiger partial charge in [0.2, 0.25) is 11.8 Å². The molecule has 2 unspecified atom stereocenters. The van der Waals surface area contributed by atoms with Gasteiger partial charge in [0, 0.05) is 38.6 Å². The summed E-state index contributed by atoms with van der Waals surface area (Å²) in [5.41, 5.74) is 0. The van der Waals surface area contributed by atoms with Crippen molar-refractivity contribution in [3.05, 3.63) is 0 Å². The van der Waals surface area contributed by atoms with Crippen LogP contribution < -0.4 is 10.6 Å². The Hall–Kier alpha value is -2.72. The molecule has 0 saturated heterocycles. The molecule has 0 saturated carbocycles. The zero-order valence-electron chi connectivity index (χ0n) is 46.5. The van der Waals surface area contributed by atoms with Gasteiger partial charge in [-0.05, 0) is 24.7 Å². The van der Waals surface area contributed by atoms with E-state index in [1.165, 1.54) is 47.3 Å². The van der Waals surface area contributed by atoms with Gasteiger partial charge in [-0.15, -0.1) is 0 Å². The van der Waals surface area contributed by atoms with E-state index in [0.717, 1.165) is 89.9 Å². The van der Waals surface area contributed by atoms with Crippen molar-refractivity contribution in [2.75, 3.05) is 118 Å². The fraction of sp³-hybridized carbons (Fsp3) is 0.889. The number of hydrogen-bond acceptors (Lipinski definition) is 18. The second-order valence-electron chi connectivity index (χ2n) is 18.3. The predicted molar refractivity (Wildman–Crippen MR) is 291 cm³/mol. The maximum Gasteiger partial charge on any atom is 0.329 e. The number of carbonyl (C=O) groups is 6. The van der Waals surface area contributed by atoms with E-state index in [1.807, 2.05) is 0 Å². The fourth-order valence-corrected chi connectivity index (χ4v) is 9.78. The van der Waals surface area contributed by atoms with Crippen LogP contribution in [0.25, 0.3) is 0 Å². The zero-order valence-corrected chi connectivity index (χ0v) is 48.2. The van der Waals surface area contributed by atoms with Crippen molar-refractivity contribution in [3.8, 4) is 0 Å². The van der Waals surface area contributed by atoms with Gasteiger partial charge in [0.1, 0.15) is 25.3 Å². The van der Waals surface area contributed by atoms with E-state index in [0.29, 0.717) is 64.7 Å². The highest BCUT2D eigenvalue weighted by Crippen LogP contribution is 2.25. The summed E-state index contributed by atoms with van der Waals surface area (Å²) in [7, 11) is 5.50. The molecule has 2 amide bonds. The van der Waals surface area contributed by atoms with E-state index in [4.69, 9.17) is 47.4 Å². The molecule has 0 spiro atoms. The molecule has 0 aliphatic carbocycles. The Kier molecular flexibility index (Phi) is 51.7. The highest BCUT2D eigenvalue weighted by Gasteiger charge is 2.26. The van der Waals surface area contributed by atoms with Crippen molar-refractivity contribution in [1.82, 2.24) is 10.6 Å². The molecule has 74 heavy (non-hydrogen) atoms. The summed E-state index contributed by atoms with van der Waals surface area (Å²) in [6.45, 7) is 12.4. The standard InChI is InChI=1S/C54H100N2O16S2/c1-7-11-15-19-45(20-16-12-8-2)27-29-69-51(59)25-23-49(57)55-47(53(61)71-41-39-67-37-35-65-33-31-63-5)43-73-74-44-48(54(62)72-42-40-68-38-36-66-34-32-64-6)56-50(58)24-26-52(60)70-30-28-46(21-17-13-9-3)22-18-14-10-4/h45-48H,7-44H2,1-6H3,(H,55,57)(H,56,58). The maximum absolute atomic E-state index is 13.4. The van der Waals surface area contributed by atoms with Crippen molar-refractivity contribution < 1.29 is 76.1 Å². The Morgan fingerprint density at radius 3 is 0.986 bits per heavy atom. The van der Waals surface area contributed by atoms with Crippen molar-refractivity contribution in [2.45, 2.75) is 181 Å². The number of unbranched alkanes of at least 4 members (excludes halogenated alkanes) is 8. The maximum atomic E-state index is 13.4. The lowest BCUT2D eigenvalue weighted by Gasteiger charge is -2.19. The number of amides is 2. The molecule has 0 bridgehead atoms. The highest BCUT2D eigenvalue weighted by atomic mass is 33.1.